The van der Waals surface area contributed by atoms with Crippen LogP contribution in [0.3, 0.4) is 0 Å². The molecule has 0 fully saturated rings. The molecule has 0 saturated heterocycles. The van der Waals surface area contributed by atoms with Crippen LogP contribution in [0.1, 0.15) is 20.7 Å². The van der Waals surface area contributed by atoms with Gasteiger partial charge in [-0.15, -0.1) is 0 Å². The molecule has 6 nitrogen and oxygen atoms in total. The summed E-state index contributed by atoms with van der Waals surface area (Å²) in [5.74, 6) is -1.03. The Hall–Kier alpha value is -4.26. The molecule has 36 heavy (non-hydrogen) atoms. The van der Waals surface area contributed by atoms with Gasteiger partial charge in [0.05, 0.1) is 24.3 Å². The van der Waals surface area contributed by atoms with Gasteiger partial charge in [-0.2, -0.15) is 0 Å². The van der Waals surface area contributed by atoms with Gasteiger partial charge in [0, 0.05) is 0 Å². The van der Waals surface area contributed by atoms with Gasteiger partial charge in [-0.1, -0.05) is 84.9 Å². The third kappa shape index (κ3) is 5.35. The van der Waals surface area contributed by atoms with Crippen molar-refractivity contribution in [1.29, 1.82) is 0 Å². The molecule has 0 radical (unpaired) electrons. The molecule has 4 rings (SSSR count). The van der Waals surface area contributed by atoms with Crippen LogP contribution >= 0.6 is 0 Å². The van der Waals surface area contributed by atoms with Gasteiger partial charge < -0.3 is 19.7 Å². The van der Waals surface area contributed by atoms with E-state index in [1.165, 1.54) is 0 Å². The lowest BCUT2D eigenvalue weighted by Gasteiger charge is -2.17. The Morgan fingerprint density at radius 2 is 0.750 bits per heavy atom. The van der Waals surface area contributed by atoms with Gasteiger partial charge >= 0.3 is 11.9 Å². The maximum absolute atomic E-state index is 12.7. The van der Waals surface area contributed by atoms with Gasteiger partial charge in [0.25, 0.3) is 0 Å². The van der Waals surface area contributed by atoms with Gasteiger partial charge in [0.15, 0.2) is 0 Å². The summed E-state index contributed by atoms with van der Waals surface area (Å²) in [4.78, 5) is 25.5. The lowest BCUT2D eigenvalue weighted by Crippen LogP contribution is -2.10. The summed E-state index contributed by atoms with van der Waals surface area (Å²) in [6, 6.07) is 29.8. The van der Waals surface area contributed by atoms with Crippen molar-refractivity contribution in [3.63, 3.8) is 0 Å². The highest BCUT2D eigenvalue weighted by Gasteiger charge is 2.20. The quantitative estimate of drug-likeness (QED) is 0.327. The SMILES string of the molecule is O=C(OCCO)c1ccccc1-c1ccccc1-c1ccccc1-c1ccccc1C(=O)OCCO. The number of esters is 2. The van der Waals surface area contributed by atoms with Crippen molar-refractivity contribution in [2.24, 2.45) is 0 Å². The molecule has 4 aromatic carbocycles. The minimum absolute atomic E-state index is 0.0825. The first kappa shape index (κ1) is 24.9. The van der Waals surface area contributed by atoms with E-state index in [9.17, 15) is 9.59 Å². The Morgan fingerprint density at radius 1 is 0.472 bits per heavy atom. The van der Waals surface area contributed by atoms with Gasteiger partial charge in [-0.05, 0) is 45.5 Å². The number of ether oxygens (including phenoxy) is 2. The van der Waals surface area contributed by atoms with E-state index in [-0.39, 0.29) is 26.4 Å². The van der Waals surface area contributed by atoms with Crippen LogP contribution in [-0.2, 0) is 9.47 Å². The van der Waals surface area contributed by atoms with Crippen molar-refractivity contribution in [2.45, 2.75) is 0 Å². The van der Waals surface area contributed by atoms with Gasteiger partial charge in [-0.25, -0.2) is 9.59 Å². The van der Waals surface area contributed by atoms with Crippen molar-refractivity contribution >= 4 is 11.9 Å². The molecule has 0 heterocycles. The first-order valence-electron chi connectivity index (χ1n) is 11.6. The average molecular weight is 483 g/mol. The Bertz CT molecular complexity index is 1260. The molecule has 0 atom stereocenters. The summed E-state index contributed by atoms with van der Waals surface area (Å²) >= 11 is 0. The number of hydrogen-bond acceptors (Lipinski definition) is 6. The summed E-state index contributed by atoms with van der Waals surface area (Å²) in [5.41, 5.74) is 5.56. The van der Waals surface area contributed by atoms with Crippen molar-refractivity contribution in [1.82, 2.24) is 0 Å². The number of benzene rings is 4. The lowest BCUT2D eigenvalue weighted by molar-refractivity contribution is 0.0427. The molecule has 0 spiro atoms. The fourth-order valence-electron chi connectivity index (χ4n) is 4.13. The second kappa shape index (κ2) is 11.9. The lowest BCUT2D eigenvalue weighted by atomic mass is 9.87. The molecular formula is C30H26O6. The van der Waals surface area contributed by atoms with Crippen LogP contribution in [0.15, 0.2) is 97.1 Å². The predicted molar refractivity (Wildman–Crippen MR) is 137 cm³/mol. The smallest absolute Gasteiger partial charge is 0.338 e. The monoisotopic (exact) mass is 482 g/mol. The maximum Gasteiger partial charge on any atom is 0.338 e. The highest BCUT2D eigenvalue weighted by molar-refractivity contribution is 6.03. The van der Waals surface area contributed by atoms with Gasteiger partial charge in [0.2, 0.25) is 0 Å². The molecule has 0 aliphatic rings. The number of carbonyl (C=O) groups excluding carboxylic acids is 2. The van der Waals surface area contributed by atoms with E-state index in [2.05, 4.69) is 0 Å². The zero-order chi connectivity index (χ0) is 25.3. The minimum atomic E-state index is -0.514. The summed E-state index contributed by atoms with van der Waals surface area (Å²) in [7, 11) is 0. The van der Waals surface area contributed by atoms with E-state index in [0.717, 1.165) is 22.3 Å². The van der Waals surface area contributed by atoms with E-state index in [0.29, 0.717) is 22.3 Å². The predicted octanol–water partition coefficient (Wildman–Crippen LogP) is 4.99. The van der Waals surface area contributed by atoms with Crippen molar-refractivity contribution in [2.75, 3.05) is 26.4 Å². The second-order valence-corrected chi connectivity index (χ2v) is 7.90. The normalized spacial score (nSPS) is 10.6. The van der Waals surface area contributed by atoms with E-state index in [1.807, 2.05) is 72.8 Å². The number of aliphatic hydroxyl groups excluding tert-OH is 2. The molecule has 0 saturated carbocycles. The topological polar surface area (TPSA) is 93.1 Å². The summed E-state index contributed by atoms with van der Waals surface area (Å²) < 4.78 is 10.4. The number of hydrogen-bond donors (Lipinski definition) is 2. The highest BCUT2D eigenvalue weighted by atomic mass is 16.5. The molecule has 0 bridgehead atoms. The Kier molecular flexibility index (Phi) is 8.24. The fraction of sp³-hybridized carbons (Fsp3) is 0.133. The van der Waals surface area contributed by atoms with Crippen molar-refractivity contribution in [3.05, 3.63) is 108 Å². The second-order valence-electron chi connectivity index (χ2n) is 7.90. The fourth-order valence-corrected chi connectivity index (χ4v) is 4.13. The molecule has 0 aliphatic carbocycles. The van der Waals surface area contributed by atoms with Crippen LogP contribution in [0.4, 0.5) is 0 Å². The average Bonchev–Trinajstić information content (AvgIpc) is 2.94. The molecule has 4 aromatic rings. The first-order chi connectivity index (χ1) is 17.7. The van der Waals surface area contributed by atoms with Crippen LogP contribution in [0.5, 0.6) is 0 Å². The van der Waals surface area contributed by atoms with E-state index < -0.39 is 11.9 Å². The Morgan fingerprint density at radius 3 is 1.08 bits per heavy atom. The highest BCUT2D eigenvalue weighted by Crippen LogP contribution is 2.40. The van der Waals surface area contributed by atoms with E-state index >= 15 is 0 Å². The Balaban J connectivity index is 1.86. The molecule has 0 aromatic heterocycles. The molecule has 0 unspecified atom stereocenters. The molecular weight excluding hydrogens is 456 g/mol. The first-order valence-corrected chi connectivity index (χ1v) is 11.6. The van der Waals surface area contributed by atoms with Gasteiger partial charge in [0.1, 0.15) is 13.2 Å². The molecule has 0 amide bonds. The molecule has 6 heteroatoms. The Labute approximate surface area is 209 Å². The zero-order valence-corrected chi connectivity index (χ0v) is 19.6. The van der Waals surface area contributed by atoms with Crippen LogP contribution in [0.2, 0.25) is 0 Å². The van der Waals surface area contributed by atoms with Crippen LogP contribution in [-0.4, -0.2) is 48.6 Å². The summed E-state index contributed by atoms with van der Waals surface area (Å²) in [5, 5.41) is 18.1. The summed E-state index contributed by atoms with van der Waals surface area (Å²) in [6.45, 7) is -0.669. The zero-order valence-electron chi connectivity index (χ0n) is 19.6. The third-order valence-corrected chi connectivity index (χ3v) is 5.67. The third-order valence-electron chi connectivity index (χ3n) is 5.67. The van der Waals surface area contributed by atoms with Gasteiger partial charge in [-0.3, -0.25) is 0 Å². The molecule has 0 aliphatic heterocycles. The molecule has 182 valence electrons. The minimum Gasteiger partial charge on any atom is -0.460 e. The van der Waals surface area contributed by atoms with Crippen LogP contribution < -0.4 is 0 Å². The van der Waals surface area contributed by atoms with E-state index in [1.54, 1.807) is 24.3 Å². The number of aliphatic hydroxyl groups is 2. The van der Waals surface area contributed by atoms with Crippen LogP contribution in [0.25, 0.3) is 33.4 Å². The number of carbonyl (C=O) groups is 2. The van der Waals surface area contributed by atoms with Crippen molar-refractivity contribution < 1.29 is 29.3 Å². The standard InChI is InChI=1S/C30H26O6/c31-17-19-35-29(33)27-15-7-5-13-25(27)23-11-3-1-9-21(23)22-10-2-4-12-24(22)26-14-6-8-16-28(26)30(34)36-20-18-32/h1-16,31-32H,17-20H2. The van der Waals surface area contributed by atoms with Crippen LogP contribution in [0, 0.1) is 0 Å². The molecule has 2 N–H and O–H groups in total. The maximum atomic E-state index is 12.7. The van der Waals surface area contributed by atoms with Crippen molar-refractivity contribution in [3.8, 4) is 33.4 Å². The largest absolute Gasteiger partial charge is 0.460 e. The van der Waals surface area contributed by atoms with E-state index in [4.69, 9.17) is 19.7 Å². The summed E-state index contributed by atoms with van der Waals surface area (Å²) in [6.07, 6.45) is 0. The number of rotatable bonds is 9.